The van der Waals surface area contributed by atoms with Gasteiger partial charge in [0.15, 0.2) is 0 Å². The van der Waals surface area contributed by atoms with Gasteiger partial charge in [-0.1, -0.05) is 42.7 Å². The van der Waals surface area contributed by atoms with E-state index in [1.807, 2.05) is 0 Å². The Labute approximate surface area is 110 Å². The Morgan fingerprint density at radius 2 is 2.12 bits per heavy atom. The molecule has 1 nitrogen and oxygen atoms in total. The molecule has 1 aliphatic carbocycles. The van der Waals surface area contributed by atoms with Gasteiger partial charge < -0.3 is 5.32 Å². The van der Waals surface area contributed by atoms with Gasteiger partial charge in [-0.25, -0.2) is 0 Å². The van der Waals surface area contributed by atoms with E-state index in [1.165, 1.54) is 36.8 Å². The zero-order chi connectivity index (χ0) is 12.1. The summed E-state index contributed by atoms with van der Waals surface area (Å²) in [5, 5.41) is 3.93. The minimum atomic E-state index is 0.383. The van der Waals surface area contributed by atoms with Gasteiger partial charge in [0.05, 0.1) is 0 Å². The lowest BCUT2D eigenvalue weighted by atomic mass is 9.89. The number of hydrogen-bond donors (Lipinski definition) is 1. The molecule has 2 unspecified atom stereocenters. The smallest absolute Gasteiger partial charge is 0.0376 e. The summed E-state index contributed by atoms with van der Waals surface area (Å²) in [6.07, 6.45) is 5.13. The van der Waals surface area contributed by atoms with Gasteiger partial charge in [0.25, 0.3) is 0 Å². The van der Waals surface area contributed by atoms with Crippen molar-refractivity contribution in [2.24, 2.45) is 5.92 Å². The van der Waals surface area contributed by atoms with Gasteiger partial charge in [0.2, 0.25) is 0 Å². The fourth-order valence-electron chi connectivity index (χ4n) is 2.62. The summed E-state index contributed by atoms with van der Waals surface area (Å²) in [7, 11) is 0. The average Bonchev–Trinajstić information content (AvgIpc) is 2.32. The fraction of sp³-hybridized carbons (Fsp3) is 0.600. The standard InChI is InChI=1S/C15H22ClN/c1-12-5-4-6-13(9-12)10-17-11-14-7-2-3-8-15(14)16/h4-6,9,14-15,17H,2-3,7-8,10-11H2,1H3. The quantitative estimate of drug-likeness (QED) is 0.801. The molecule has 0 aliphatic heterocycles. The molecular formula is C15H22ClN. The number of hydrogen-bond acceptors (Lipinski definition) is 1. The molecule has 2 rings (SSSR count). The molecule has 1 aliphatic rings. The highest BCUT2D eigenvalue weighted by Crippen LogP contribution is 2.28. The van der Waals surface area contributed by atoms with Crippen molar-refractivity contribution in [1.82, 2.24) is 5.32 Å². The molecule has 2 heteroatoms. The van der Waals surface area contributed by atoms with Gasteiger partial charge in [-0.15, -0.1) is 11.6 Å². The molecule has 1 fully saturated rings. The van der Waals surface area contributed by atoms with Gasteiger partial charge in [-0.2, -0.15) is 0 Å². The third-order valence-corrected chi connectivity index (χ3v) is 4.21. The Hall–Kier alpha value is -0.530. The Morgan fingerprint density at radius 1 is 1.29 bits per heavy atom. The van der Waals surface area contributed by atoms with Crippen molar-refractivity contribution in [3.63, 3.8) is 0 Å². The summed E-state index contributed by atoms with van der Waals surface area (Å²) in [6, 6.07) is 8.68. The SMILES string of the molecule is Cc1cccc(CNCC2CCCCC2Cl)c1. The van der Waals surface area contributed by atoms with Crippen molar-refractivity contribution < 1.29 is 0 Å². The second kappa shape index (κ2) is 6.42. The summed E-state index contributed by atoms with van der Waals surface area (Å²) in [6.45, 7) is 4.16. The maximum Gasteiger partial charge on any atom is 0.0376 e. The molecule has 0 heterocycles. The molecule has 0 aromatic heterocycles. The predicted molar refractivity (Wildman–Crippen MR) is 74.5 cm³/mol. The number of aryl methyl sites for hydroxylation is 1. The maximum atomic E-state index is 6.35. The summed E-state index contributed by atoms with van der Waals surface area (Å²) in [4.78, 5) is 0. The molecule has 1 saturated carbocycles. The van der Waals surface area contributed by atoms with Crippen molar-refractivity contribution in [3.8, 4) is 0 Å². The summed E-state index contributed by atoms with van der Waals surface area (Å²) < 4.78 is 0. The van der Waals surface area contributed by atoms with Crippen molar-refractivity contribution in [2.75, 3.05) is 6.54 Å². The lowest BCUT2D eigenvalue weighted by Gasteiger charge is -2.27. The third-order valence-electron chi connectivity index (χ3n) is 3.63. The van der Waals surface area contributed by atoms with E-state index in [-0.39, 0.29) is 0 Å². The van der Waals surface area contributed by atoms with Crippen LogP contribution in [-0.2, 0) is 6.54 Å². The third kappa shape index (κ3) is 4.01. The summed E-state index contributed by atoms with van der Waals surface area (Å²) >= 11 is 6.35. The lowest BCUT2D eigenvalue weighted by Crippen LogP contribution is -2.30. The molecule has 0 radical (unpaired) electrons. The Kier molecular flexibility index (Phi) is 4.87. The highest BCUT2D eigenvalue weighted by atomic mass is 35.5. The first-order chi connectivity index (χ1) is 8.25. The van der Waals surface area contributed by atoms with Crippen molar-refractivity contribution in [1.29, 1.82) is 0 Å². The van der Waals surface area contributed by atoms with Crippen molar-refractivity contribution in [2.45, 2.75) is 44.5 Å². The highest BCUT2D eigenvalue weighted by molar-refractivity contribution is 6.20. The number of alkyl halides is 1. The van der Waals surface area contributed by atoms with Crippen LogP contribution >= 0.6 is 11.6 Å². The highest BCUT2D eigenvalue weighted by Gasteiger charge is 2.22. The zero-order valence-corrected chi connectivity index (χ0v) is 11.3. The van der Waals surface area contributed by atoms with E-state index in [0.29, 0.717) is 11.3 Å². The molecule has 17 heavy (non-hydrogen) atoms. The first kappa shape index (κ1) is 12.9. The van der Waals surface area contributed by atoms with Gasteiger partial charge in [-0.3, -0.25) is 0 Å². The molecule has 0 spiro atoms. The van der Waals surface area contributed by atoms with E-state index in [9.17, 15) is 0 Å². The van der Waals surface area contributed by atoms with Crippen LogP contribution < -0.4 is 5.32 Å². The summed E-state index contributed by atoms with van der Waals surface area (Å²) in [5.41, 5.74) is 2.70. The van der Waals surface area contributed by atoms with Gasteiger partial charge in [-0.05, 0) is 37.8 Å². The Bertz CT molecular complexity index is 351. The number of rotatable bonds is 4. The van der Waals surface area contributed by atoms with Crippen LogP contribution in [0.3, 0.4) is 0 Å². The molecule has 1 aromatic rings. The van der Waals surface area contributed by atoms with E-state index in [1.54, 1.807) is 0 Å². The second-order valence-electron chi connectivity index (χ2n) is 5.18. The molecule has 94 valence electrons. The first-order valence-electron chi connectivity index (χ1n) is 6.66. The van der Waals surface area contributed by atoms with Crippen LogP contribution in [0.25, 0.3) is 0 Å². The lowest BCUT2D eigenvalue weighted by molar-refractivity contribution is 0.348. The van der Waals surface area contributed by atoms with Crippen LogP contribution in [0.1, 0.15) is 36.8 Å². The van der Waals surface area contributed by atoms with Crippen LogP contribution in [0.5, 0.6) is 0 Å². The fourth-order valence-corrected chi connectivity index (χ4v) is 2.99. The largest absolute Gasteiger partial charge is 0.312 e. The monoisotopic (exact) mass is 251 g/mol. The molecule has 0 saturated heterocycles. The second-order valence-corrected chi connectivity index (χ2v) is 5.74. The Balaban J connectivity index is 1.75. The zero-order valence-electron chi connectivity index (χ0n) is 10.6. The minimum Gasteiger partial charge on any atom is -0.312 e. The molecule has 1 N–H and O–H groups in total. The summed E-state index contributed by atoms with van der Waals surface area (Å²) in [5.74, 6) is 0.662. The van der Waals surface area contributed by atoms with Crippen LogP contribution in [-0.4, -0.2) is 11.9 Å². The van der Waals surface area contributed by atoms with Crippen molar-refractivity contribution >= 4 is 11.6 Å². The predicted octanol–water partition coefficient (Wildman–Crippen LogP) is 3.88. The van der Waals surface area contributed by atoms with Crippen LogP contribution in [0, 0.1) is 12.8 Å². The maximum absolute atomic E-state index is 6.35. The first-order valence-corrected chi connectivity index (χ1v) is 7.09. The number of halogens is 1. The minimum absolute atomic E-state index is 0.383. The van der Waals surface area contributed by atoms with Crippen LogP contribution in [0.4, 0.5) is 0 Å². The van der Waals surface area contributed by atoms with E-state index in [2.05, 4.69) is 36.5 Å². The van der Waals surface area contributed by atoms with Crippen molar-refractivity contribution in [3.05, 3.63) is 35.4 Å². The number of benzene rings is 1. The number of nitrogens with one attached hydrogen (secondary N) is 1. The van der Waals surface area contributed by atoms with Crippen LogP contribution in [0.15, 0.2) is 24.3 Å². The topological polar surface area (TPSA) is 12.0 Å². The van der Waals surface area contributed by atoms with Crippen LogP contribution in [0.2, 0.25) is 0 Å². The molecule has 1 aromatic carbocycles. The van der Waals surface area contributed by atoms with E-state index in [0.717, 1.165) is 13.1 Å². The Morgan fingerprint density at radius 3 is 2.88 bits per heavy atom. The normalized spacial score (nSPS) is 24.8. The van der Waals surface area contributed by atoms with Gasteiger partial charge in [0.1, 0.15) is 0 Å². The average molecular weight is 252 g/mol. The van der Waals surface area contributed by atoms with E-state index >= 15 is 0 Å². The molecule has 0 bridgehead atoms. The van der Waals surface area contributed by atoms with Gasteiger partial charge >= 0.3 is 0 Å². The molecule has 0 amide bonds. The van der Waals surface area contributed by atoms with Gasteiger partial charge in [0, 0.05) is 11.9 Å². The molecule has 2 atom stereocenters. The molecular weight excluding hydrogens is 230 g/mol. The van der Waals surface area contributed by atoms with E-state index in [4.69, 9.17) is 11.6 Å². The van der Waals surface area contributed by atoms with E-state index < -0.39 is 0 Å².